The molecule has 1 fully saturated rings. The Bertz CT molecular complexity index is 1480. The molecule has 1 N–H and O–H groups in total. The minimum atomic E-state index is -0.0325. The Labute approximate surface area is 232 Å². The molecule has 0 bridgehead atoms. The number of ether oxygens (including phenoxy) is 1. The Balaban J connectivity index is 1.52. The third kappa shape index (κ3) is 5.28. The van der Waals surface area contributed by atoms with Crippen molar-refractivity contribution in [3.8, 4) is 22.9 Å². The van der Waals surface area contributed by atoms with Crippen molar-refractivity contribution >= 4 is 38.9 Å². The van der Waals surface area contributed by atoms with Crippen LogP contribution in [0.4, 0.5) is 0 Å². The monoisotopic (exact) mass is 543 g/mol. The highest BCUT2D eigenvalue weighted by Gasteiger charge is 2.32. The summed E-state index contributed by atoms with van der Waals surface area (Å²) in [6.07, 6.45) is 3.90. The number of nitriles is 1. The number of amides is 1. The number of carbonyl (C=O) groups is 1. The van der Waals surface area contributed by atoms with Crippen LogP contribution < -0.4 is 10.1 Å². The van der Waals surface area contributed by atoms with Gasteiger partial charge in [0.1, 0.15) is 10.6 Å². The van der Waals surface area contributed by atoms with Crippen molar-refractivity contribution in [3.05, 3.63) is 87.8 Å². The maximum atomic E-state index is 14.2. The van der Waals surface area contributed by atoms with E-state index in [0.29, 0.717) is 28.0 Å². The zero-order valence-electron chi connectivity index (χ0n) is 21.5. The van der Waals surface area contributed by atoms with Crippen LogP contribution in [0.25, 0.3) is 21.2 Å². The van der Waals surface area contributed by atoms with Gasteiger partial charge < -0.3 is 15.0 Å². The molecule has 7 heteroatoms. The van der Waals surface area contributed by atoms with Crippen LogP contribution in [0.3, 0.4) is 0 Å². The van der Waals surface area contributed by atoms with E-state index in [2.05, 4.69) is 17.5 Å². The van der Waals surface area contributed by atoms with Crippen molar-refractivity contribution in [3.63, 3.8) is 0 Å². The fraction of sp³-hybridized carbons (Fsp3) is 0.290. The van der Waals surface area contributed by atoms with E-state index in [1.165, 1.54) is 11.3 Å². The maximum Gasteiger partial charge on any atom is 0.266 e. The number of nitrogens with zero attached hydrogens (tertiary/aromatic N) is 2. The van der Waals surface area contributed by atoms with Crippen LogP contribution in [-0.4, -0.2) is 37.0 Å². The summed E-state index contributed by atoms with van der Waals surface area (Å²) in [5, 5.41) is 14.0. The normalized spacial score (nSPS) is 17.2. The zero-order chi connectivity index (χ0) is 26.6. The van der Waals surface area contributed by atoms with Crippen LogP contribution >= 0.6 is 22.9 Å². The number of fused-ring (bicyclic) bond motifs is 1. The Morgan fingerprint density at radius 3 is 2.45 bits per heavy atom. The molecule has 3 aromatic carbocycles. The van der Waals surface area contributed by atoms with E-state index in [4.69, 9.17) is 21.6 Å². The van der Waals surface area contributed by atoms with Gasteiger partial charge in [0.15, 0.2) is 0 Å². The van der Waals surface area contributed by atoms with Crippen LogP contribution in [-0.2, 0) is 6.54 Å². The average molecular weight is 544 g/mol. The van der Waals surface area contributed by atoms with Gasteiger partial charge >= 0.3 is 0 Å². The molecule has 0 radical (unpaired) electrons. The molecule has 1 aliphatic rings. The standard InChI is InChI=1S/C31H30ClN3O2S/c1-34-24-12-14-25(15-13-24)35(31(36)30-29(32)26-5-3-4-6-28(26)38-30)19-23-17-22(11-16-27(23)37-2)21-9-7-20(18-33)8-10-21/h3-11,16-17,24-25,34H,12-15,19H2,1-2H3. The van der Waals surface area contributed by atoms with Gasteiger partial charge in [-0.3, -0.25) is 4.79 Å². The molecule has 0 saturated heterocycles. The molecular weight excluding hydrogens is 514 g/mol. The Kier molecular flexibility index (Phi) is 7.99. The van der Waals surface area contributed by atoms with Gasteiger partial charge in [0, 0.05) is 34.3 Å². The SMILES string of the molecule is CNC1CCC(N(Cc2cc(-c3ccc(C#N)cc3)ccc2OC)C(=O)c2sc3ccccc3c2Cl)CC1. The summed E-state index contributed by atoms with van der Waals surface area (Å²) in [6, 6.07) is 24.2. The van der Waals surface area contributed by atoms with Gasteiger partial charge in [-0.25, -0.2) is 0 Å². The number of rotatable bonds is 7. The third-order valence-corrected chi connectivity index (χ3v) is 9.17. The van der Waals surface area contributed by atoms with Crippen molar-refractivity contribution in [1.29, 1.82) is 5.26 Å². The average Bonchev–Trinajstić information content (AvgIpc) is 3.32. The lowest BCUT2D eigenvalue weighted by atomic mass is 9.89. The number of hydrogen-bond donors (Lipinski definition) is 1. The summed E-state index contributed by atoms with van der Waals surface area (Å²) < 4.78 is 6.75. The lowest BCUT2D eigenvalue weighted by molar-refractivity contribution is 0.0604. The van der Waals surface area contributed by atoms with Gasteiger partial charge in [-0.1, -0.05) is 48.0 Å². The lowest BCUT2D eigenvalue weighted by Gasteiger charge is -2.37. The minimum Gasteiger partial charge on any atom is -0.496 e. The number of hydrogen-bond acceptors (Lipinski definition) is 5. The van der Waals surface area contributed by atoms with Gasteiger partial charge in [-0.05, 0) is 74.2 Å². The number of thiophene rings is 1. The van der Waals surface area contributed by atoms with Gasteiger partial charge in [0.2, 0.25) is 0 Å². The predicted molar refractivity (Wildman–Crippen MR) is 155 cm³/mol. The second kappa shape index (κ2) is 11.6. The van der Waals surface area contributed by atoms with Crippen LogP contribution in [0, 0.1) is 11.3 Å². The van der Waals surface area contributed by atoms with E-state index in [1.54, 1.807) is 7.11 Å². The van der Waals surface area contributed by atoms with E-state index in [-0.39, 0.29) is 11.9 Å². The summed E-state index contributed by atoms with van der Waals surface area (Å²) >= 11 is 8.24. The molecule has 0 atom stereocenters. The van der Waals surface area contributed by atoms with Crippen molar-refractivity contribution in [1.82, 2.24) is 10.2 Å². The van der Waals surface area contributed by atoms with Gasteiger partial charge in [0.25, 0.3) is 5.91 Å². The molecular formula is C31H30ClN3O2S. The van der Waals surface area contributed by atoms with Crippen LogP contribution in [0.2, 0.25) is 5.02 Å². The number of nitrogens with one attached hydrogen (secondary N) is 1. The molecule has 1 saturated carbocycles. The first kappa shape index (κ1) is 26.2. The lowest BCUT2D eigenvalue weighted by Crippen LogP contribution is -2.44. The number of benzene rings is 3. The van der Waals surface area contributed by atoms with Crippen molar-refractivity contribution < 1.29 is 9.53 Å². The Morgan fingerprint density at radius 1 is 1.08 bits per heavy atom. The Morgan fingerprint density at radius 2 is 1.79 bits per heavy atom. The molecule has 1 heterocycles. The highest BCUT2D eigenvalue weighted by Crippen LogP contribution is 2.38. The summed E-state index contributed by atoms with van der Waals surface area (Å²) in [4.78, 5) is 16.8. The van der Waals surface area contributed by atoms with E-state index in [9.17, 15) is 4.79 Å². The summed E-state index contributed by atoms with van der Waals surface area (Å²) in [5.74, 6) is 0.710. The second-order valence-electron chi connectivity index (χ2n) is 9.68. The zero-order valence-corrected chi connectivity index (χ0v) is 23.1. The predicted octanol–water partition coefficient (Wildman–Crippen LogP) is 7.27. The molecule has 38 heavy (non-hydrogen) atoms. The first-order valence-electron chi connectivity index (χ1n) is 12.8. The molecule has 1 amide bonds. The molecule has 0 aliphatic heterocycles. The smallest absolute Gasteiger partial charge is 0.266 e. The quantitative estimate of drug-likeness (QED) is 0.266. The molecule has 1 aliphatic carbocycles. The van der Waals surface area contributed by atoms with Gasteiger partial charge in [0.05, 0.1) is 23.8 Å². The Hall–Kier alpha value is -3.37. The molecule has 0 spiro atoms. The summed E-state index contributed by atoms with van der Waals surface area (Å²) in [7, 11) is 3.66. The van der Waals surface area contributed by atoms with E-state index >= 15 is 0 Å². The third-order valence-electron chi connectivity index (χ3n) is 7.50. The molecule has 1 aromatic heterocycles. The summed E-state index contributed by atoms with van der Waals surface area (Å²) in [6.45, 7) is 0.422. The van der Waals surface area contributed by atoms with Crippen molar-refractivity contribution in [2.24, 2.45) is 0 Å². The number of methoxy groups -OCH3 is 1. The molecule has 4 aromatic rings. The van der Waals surface area contributed by atoms with Gasteiger partial charge in [-0.2, -0.15) is 5.26 Å². The van der Waals surface area contributed by atoms with Crippen LogP contribution in [0.15, 0.2) is 66.7 Å². The minimum absolute atomic E-state index is 0.0325. The van der Waals surface area contributed by atoms with Crippen LogP contribution in [0.5, 0.6) is 5.75 Å². The molecule has 0 unspecified atom stereocenters. The fourth-order valence-corrected chi connectivity index (χ4v) is 6.80. The largest absolute Gasteiger partial charge is 0.496 e. The van der Waals surface area contributed by atoms with Crippen molar-refractivity contribution in [2.75, 3.05) is 14.2 Å². The molecule has 5 nitrogen and oxygen atoms in total. The first-order chi connectivity index (χ1) is 18.5. The van der Waals surface area contributed by atoms with E-state index in [0.717, 1.165) is 58.2 Å². The molecule has 5 rings (SSSR count). The van der Waals surface area contributed by atoms with Crippen molar-refractivity contribution in [2.45, 2.75) is 44.3 Å². The highest BCUT2D eigenvalue weighted by molar-refractivity contribution is 7.21. The van der Waals surface area contributed by atoms with Crippen LogP contribution in [0.1, 0.15) is 46.5 Å². The topological polar surface area (TPSA) is 65.4 Å². The maximum absolute atomic E-state index is 14.2. The second-order valence-corrected chi connectivity index (χ2v) is 11.1. The molecule has 194 valence electrons. The fourth-order valence-electron chi connectivity index (χ4n) is 5.33. The summed E-state index contributed by atoms with van der Waals surface area (Å²) in [5.41, 5.74) is 3.58. The number of carbonyl (C=O) groups excluding carboxylic acids is 1. The van der Waals surface area contributed by atoms with Gasteiger partial charge in [-0.15, -0.1) is 11.3 Å². The highest BCUT2D eigenvalue weighted by atomic mass is 35.5. The van der Waals surface area contributed by atoms with E-state index < -0.39 is 0 Å². The first-order valence-corrected chi connectivity index (χ1v) is 14.0. The number of halogens is 1. The van der Waals surface area contributed by atoms with E-state index in [1.807, 2.05) is 72.6 Å².